The largest absolute Gasteiger partial charge is 0.457 e. The van der Waals surface area contributed by atoms with Gasteiger partial charge in [-0.05, 0) is 87.8 Å². The number of benzene rings is 2. The molecule has 2 aliphatic rings. The molecule has 194 valence electrons. The van der Waals surface area contributed by atoms with Gasteiger partial charge in [0, 0.05) is 37.4 Å². The van der Waals surface area contributed by atoms with Gasteiger partial charge in [0.05, 0.1) is 5.69 Å². The molecule has 8 heteroatoms. The van der Waals surface area contributed by atoms with Crippen LogP contribution in [-0.2, 0) is 12.8 Å². The summed E-state index contributed by atoms with van der Waals surface area (Å²) in [5, 5.41) is 3.59. The Morgan fingerprint density at radius 2 is 1.59 bits per heavy atom. The van der Waals surface area contributed by atoms with Crippen molar-refractivity contribution in [2.75, 3.05) is 29.2 Å². The summed E-state index contributed by atoms with van der Waals surface area (Å²) in [6, 6.07) is 17.1. The fraction of sp³-hybridized carbons (Fsp3) is 0.414. The second kappa shape index (κ2) is 11.1. The van der Waals surface area contributed by atoms with E-state index < -0.39 is 6.03 Å². The Labute approximate surface area is 218 Å². The van der Waals surface area contributed by atoms with E-state index in [2.05, 4.69) is 10.2 Å². The molecule has 2 amide bonds. The maximum absolute atomic E-state index is 12.5. The molecule has 8 nitrogen and oxygen atoms in total. The van der Waals surface area contributed by atoms with Crippen LogP contribution < -0.4 is 25.6 Å². The van der Waals surface area contributed by atoms with Crippen molar-refractivity contribution in [3.05, 3.63) is 65.9 Å². The standard InChI is InChI=1S/C29H36N6O2/c1-34(2)27-25-10-6-7-11-26(25)32-29(33-27)31-20-12-14-21(15-13-20)35(28(30)36)22-16-18-24(19-17-22)37-23-8-4-3-5-9-23/h3-5,8-9,16-21H,6-7,10-15H2,1-2H3,(H2,30,36)(H,31,32,33)/t20-,21+. The minimum atomic E-state index is -0.429. The highest BCUT2D eigenvalue weighted by Gasteiger charge is 2.30. The van der Waals surface area contributed by atoms with Gasteiger partial charge in [0.15, 0.2) is 0 Å². The van der Waals surface area contributed by atoms with E-state index in [1.54, 1.807) is 4.90 Å². The highest BCUT2D eigenvalue weighted by atomic mass is 16.5. The van der Waals surface area contributed by atoms with Crippen molar-refractivity contribution in [2.24, 2.45) is 5.73 Å². The molecule has 0 saturated heterocycles. The average Bonchev–Trinajstić information content (AvgIpc) is 2.91. The second-order valence-corrected chi connectivity index (χ2v) is 10.2. The fourth-order valence-electron chi connectivity index (χ4n) is 5.49. The van der Waals surface area contributed by atoms with Gasteiger partial charge in [0.2, 0.25) is 5.95 Å². The lowest BCUT2D eigenvalue weighted by atomic mass is 9.90. The summed E-state index contributed by atoms with van der Waals surface area (Å²) >= 11 is 0. The third kappa shape index (κ3) is 5.79. The number of rotatable bonds is 7. The van der Waals surface area contributed by atoms with E-state index in [9.17, 15) is 4.79 Å². The third-order valence-electron chi connectivity index (χ3n) is 7.31. The second-order valence-electron chi connectivity index (χ2n) is 10.2. The molecular formula is C29H36N6O2. The topological polar surface area (TPSA) is 96.6 Å². The minimum Gasteiger partial charge on any atom is -0.457 e. The van der Waals surface area contributed by atoms with Gasteiger partial charge in [-0.25, -0.2) is 9.78 Å². The quantitative estimate of drug-likeness (QED) is 0.443. The summed E-state index contributed by atoms with van der Waals surface area (Å²) in [4.78, 5) is 26.0. The Morgan fingerprint density at radius 1 is 0.919 bits per heavy atom. The molecule has 0 radical (unpaired) electrons. The number of carbonyl (C=O) groups is 1. The van der Waals surface area contributed by atoms with Crippen LogP contribution in [0.3, 0.4) is 0 Å². The first-order valence-corrected chi connectivity index (χ1v) is 13.2. The summed E-state index contributed by atoms with van der Waals surface area (Å²) in [7, 11) is 4.09. The predicted molar refractivity (Wildman–Crippen MR) is 148 cm³/mol. The summed E-state index contributed by atoms with van der Waals surface area (Å²) < 4.78 is 5.89. The average molecular weight is 501 g/mol. The first-order chi connectivity index (χ1) is 18.0. The number of aryl methyl sites for hydroxylation is 1. The Kier molecular flexibility index (Phi) is 7.44. The number of carbonyl (C=O) groups excluding carboxylic acids is 1. The van der Waals surface area contributed by atoms with Gasteiger partial charge in [-0.1, -0.05) is 18.2 Å². The molecule has 37 heavy (non-hydrogen) atoms. The molecule has 2 aliphatic carbocycles. The van der Waals surface area contributed by atoms with Crippen molar-refractivity contribution in [2.45, 2.75) is 63.5 Å². The van der Waals surface area contributed by atoms with Gasteiger partial charge in [0.25, 0.3) is 0 Å². The number of hydrogen-bond acceptors (Lipinski definition) is 6. The Bertz CT molecular complexity index is 1210. The number of hydrogen-bond donors (Lipinski definition) is 2. The molecule has 1 heterocycles. The van der Waals surface area contributed by atoms with E-state index in [0.29, 0.717) is 5.95 Å². The molecule has 3 aromatic rings. The monoisotopic (exact) mass is 500 g/mol. The van der Waals surface area contributed by atoms with E-state index in [1.807, 2.05) is 68.7 Å². The zero-order valence-corrected chi connectivity index (χ0v) is 21.7. The number of nitrogens with one attached hydrogen (secondary N) is 1. The summed E-state index contributed by atoms with van der Waals surface area (Å²) in [5.74, 6) is 3.23. The molecule has 3 N–H and O–H groups in total. The normalized spacial score (nSPS) is 19.0. The van der Waals surface area contributed by atoms with Crippen LogP contribution in [0.15, 0.2) is 54.6 Å². The van der Waals surface area contributed by atoms with Gasteiger partial charge in [0.1, 0.15) is 17.3 Å². The lowest BCUT2D eigenvalue weighted by Crippen LogP contribution is -2.46. The zero-order chi connectivity index (χ0) is 25.8. The smallest absolute Gasteiger partial charge is 0.319 e. The number of ether oxygens (including phenoxy) is 1. The first kappa shape index (κ1) is 24.9. The third-order valence-corrected chi connectivity index (χ3v) is 7.31. The van der Waals surface area contributed by atoms with Crippen LogP contribution in [0.1, 0.15) is 49.8 Å². The van der Waals surface area contributed by atoms with Crippen molar-refractivity contribution in [3.63, 3.8) is 0 Å². The number of para-hydroxylation sites is 1. The maximum atomic E-state index is 12.5. The van der Waals surface area contributed by atoms with Crippen molar-refractivity contribution in [1.29, 1.82) is 0 Å². The van der Waals surface area contributed by atoms with E-state index in [-0.39, 0.29) is 12.1 Å². The number of fused-ring (bicyclic) bond motifs is 1. The van der Waals surface area contributed by atoms with Crippen LogP contribution in [0.5, 0.6) is 11.5 Å². The number of primary amides is 1. The van der Waals surface area contributed by atoms with E-state index in [1.165, 1.54) is 24.1 Å². The lowest BCUT2D eigenvalue weighted by Gasteiger charge is -2.36. The van der Waals surface area contributed by atoms with Crippen LogP contribution in [0.4, 0.5) is 22.2 Å². The van der Waals surface area contributed by atoms with Crippen molar-refractivity contribution >= 4 is 23.5 Å². The SMILES string of the molecule is CN(C)c1nc(N[C@H]2CC[C@@H](N(C(N)=O)c3ccc(Oc4ccccc4)cc3)CC2)nc2c1CCCC2. The highest BCUT2D eigenvalue weighted by Crippen LogP contribution is 2.32. The first-order valence-electron chi connectivity index (χ1n) is 13.2. The van der Waals surface area contributed by atoms with Crippen molar-refractivity contribution in [3.8, 4) is 11.5 Å². The van der Waals surface area contributed by atoms with Crippen LogP contribution in [0.25, 0.3) is 0 Å². The predicted octanol–water partition coefficient (Wildman–Crippen LogP) is 5.52. The van der Waals surface area contributed by atoms with Gasteiger partial charge >= 0.3 is 6.03 Å². The molecule has 1 aromatic heterocycles. The van der Waals surface area contributed by atoms with Crippen LogP contribution >= 0.6 is 0 Å². The van der Waals surface area contributed by atoms with E-state index >= 15 is 0 Å². The zero-order valence-electron chi connectivity index (χ0n) is 21.7. The molecule has 1 saturated carbocycles. The molecule has 0 bridgehead atoms. The minimum absolute atomic E-state index is 0.0539. The molecular weight excluding hydrogens is 464 g/mol. The van der Waals surface area contributed by atoms with Crippen LogP contribution in [0, 0.1) is 0 Å². The Hall–Kier alpha value is -3.81. The van der Waals surface area contributed by atoms with Crippen molar-refractivity contribution < 1.29 is 9.53 Å². The number of aromatic nitrogens is 2. The maximum Gasteiger partial charge on any atom is 0.319 e. The Morgan fingerprint density at radius 3 is 2.27 bits per heavy atom. The number of amides is 2. The molecule has 0 unspecified atom stereocenters. The van der Waals surface area contributed by atoms with Crippen molar-refractivity contribution in [1.82, 2.24) is 9.97 Å². The van der Waals surface area contributed by atoms with Crippen LogP contribution in [-0.4, -0.2) is 42.2 Å². The number of urea groups is 1. The number of nitrogens with two attached hydrogens (primary N) is 1. The number of nitrogens with zero attached hydrogens (tertiary/aromatic N) is 4. The summed E-state index contributed by atoms with van der Waals surface area (Å²) in [5.41, 5.74) is 9.11. The molecule has 0 spiro atoms. The molecule has 0 aliphatic heterocycles. The van der Waals surface area contributed by atoms with E-state index in [4.69, 9.17) is 20.4 Å². The van der Waals surface area contributed by atoms with Gasteiger partial charge in [-0.2, -0.15) is 4.98 Å². The summed E-state index contributed by atoms with van der Waals surface area (Å²) in [6.07, 6.45) is 8.00. The molecule has 2 aromatic carbocycles. The Balaban J connectivity index is 1.23. The molecule has 1 fully saturated rings. The van der Waals surface area contributed by atoms with E-state index in [0.717, 1.165) is 61.5 Å². The molecule has 5 rings (SSSR count). The fourth-order valence-corrected chi connectivity index (χ4v) is 5.49. The van der Waals surface area contributed by atoms with Crippen LogP contribution in [0.2, 0.25) is 0 Å². The van der Waals surface area contributed by atoms with Gasteiger partial charge in [-0.3, -0.25) is 4.90 Å². The van der Waals surface area contributed by atoms with Gasteiger partial charge < -0.3 is 20.7 Å². The number of anilines is 3. The highest BCUT2D eigenvalue weighted by molar-refractivity contribution is 5.91. The van der Waals surface area contributed by atoms with Gasteiger partial charge in [-0.15, -0.1) is 0 Å². The molecule has 0 atom stereocenters. The summed E-state index contributed by atoms with van der Waals surface area (Å²) in [6.45, 7) is 0. The lowest BCUT2D eigenvalue weighted by molar-refractivity contribution is 0.248.